The standard InChI is InChI=1S/C16H14FNO4/c1-8-13(10(3)19)9(2)18(15(20)14(8)16(21)22)12-6-4-11(17)5-7-12/h4-7H,1-3H3,(H,21,22). The van der Waals surface area contributed by atoms with Gasteiger partial charge in [-0.15, -0.1) is 0 Å². The first-order valence-corrected chi connectivity index (χ1v) is 6.52. The highest BCUT2D eigenvalue weighted by Gasteiger charge is 2.24. The molecule has 6 heteroatoms. The summed E-state index contributed by atoms with van der Waals surface area (Å²) < 4.78 is 14.2. The summed E-state index contributed by atoms with van der Waals surface area (Å²) in [5.74, 6) is -2.22. The van der Waals surface area contributed by atoms with Crippen LogP contribution >= 0.6 is 0 Å². The minimum Gasteiger partial charge on any atom is -0.477 e. The third-order valence-corrected chi connectivity index (χ3v) is 3.51. The summed E-state index contributed by atoms with van der Waals surface area (Å²) in [5.41, 5.74) is -0.262. The summed E-state index contributed by atoms with van der Waals surface area (Å²) in [6.07, 6.45) is 0. The molecule has 22 heavy (non-hydrogen) atoms. The molecule has 0 saturated heterocycles. The van der Waals surface area contributed by atoms with Gasteiger partial charge in [-0.3, -0.25) is 14.2 Å². The first kappa shape index (κ1) is 15.6. The Morgan fingerprint density at radius 1 is 1.09 bits per heavy atom. The van der Waals surface area contributed by atoms with E-state index < -0.39 is 22.9 Å². The Hall–Kier alpha value is -2.76. The van der Waals surface area contributed by atoms with Gasteiger partial charge in [0.1, 0.15) is 11.4 Å². The van der Waals surface area contributed by atoms with Gasteiger partial charge >= 0.3 is 5.97 Å². The van der Waals surface area contributed by atoms with Crippen LogP contribution in [0.2, 0.25) is 0 Å². The van der Waals surface area contributed by atoms with E-state index in [4.69, 9.17) is 0 Å². The van der Waals surface area contributed by atoms with E-state index in [0.717, 1.165) is 16.7 Å². The van der Waals surface area contributed by atoms with Gasteiger partial charge in [0.05, 0.1) is 0 Å². The number of carboxylic acid groups (broad SMARTS) is 1. The van der Waals surface area contributed by atoms with Gasteiger partial charge in [0.25, 0.3) is 5.56 Å². The van der Waals surface area contributed by atoms with Crippen molar-refractivity contribution in [3.63, 3.8) is 0 Å². The van der Waals surface area contributed by atoms with Crippen LogP contribution in [0.25, 0.3) is 5.69 Å². The minimum absolute atomic E-state index is 0.140. The third-order valence-electron chi connectivity index (χ3n) is 3.51. The fraction of sp³-hybridized carbons (Fsp3) is 0.188. The van der Waals surface area contributed by atoms with Gasteiger partial charge in [0, 0.05) is 16.9 Å². The summed E-state index contributed by atoms with van der Waals surface area (Å²) in [6.45, 7) is 4.30. The molecule has 0 bridgehead atoms. The van der Waals surface area contributed by atoms with Crippen molar-refractivity contribution in [1.29, 1.82) is 0 Å². The number of carbonyl (C=O) groups is 2. The molecule has 1 N–H and O–H groups in total. The van der Waals surface area contributed by atoms with Crippen molar-refractivity contribution in [3.05, 3.63) is 62.8 Å². The first-order chi connectivity index (χ1) is 10.3. The van der Waals surface area contributed by atoms with E-state index in [1.165, 1.54) is 26.0 Å². The largest absolute Gasteiger partial charge is 0.477 e. The molecular weight excluding hydrogens is 289 g/mol. The highest BCUT2D eigenvalue weighted by atomic mass is 19.1. The number of Topliss-reactive ketones (excluding diaryl/α,β-unsaturated/α-hetero) is 1. The lowest BCUT2D eigenvalue weighted by Crippen LogP contribution is -2.30. The zero-order valence-electron chi connectivity index (χ0n) is 12.3. The SMILES string of the molecule is CC(=O)c1c(C)c(C(=O)O)c(=O)n(-c2ccc(F)cc2)c1C. The van der Waals surface area contributed by atoms with Crippen LogP contribution in [0.5, 0.6) is 0 Å². The second-order valence-corrected chi connectivity index (χ2v) is 4.94. The Balaban J connectivity index is 2.95. The smallest absolute Gasteiger partial charge is 0.341 e. The van der Waals surface area contributed by atoms with Crippen LogP contribution in [0.4, 0.5) is 4.39 Å². The van der Waals surface area contributed by atoms with E-state index in [2.05, 4.69) is 0 Å². The zero-order chi connectivity index (χ0) is 16.6. The maximum absolute atomic E-state index is 13.0. The van der Waals surface area contributed by atoms with Gasteiger partial charge in [-0.05, 0) is 50.6 Å². The molecule has 1 heterocycles. The molecule has 5 nitrogen and oxygen atoms in total. The maximum atomic E-state index is 13.0. The Labute approximate surface area is 125 Å². The van der Waals surface area contributed by atoms with Gasteiger partial charge in [-0.1, -0.05) is 0 Å². The van der Waals surface area contributed by atoms with Crippen LogP contribution in [0.15, 0.2) is 29.1 Å². The predicted octanol–water partition coefficient (Wildman–Crippen LogP) is 2.49. The van der Waals surface area contributed by atoms with Crippen LogP contribution in [-0.4, -0.2) is 21.4 Å². The summed E-state index contributed by atoms with van der Waals surface area (Å²) in [7, 11) is 0. The number of rotatable bonds is 3. The quantitative estimate of drug-likeness (QED) is 0.884. The van der Waals surface area contributed by atoms with Gasteiger partial charge in [0.2, 0.25) is 0 Å². The molecule has 0 aliphatic heterocycles. The topological polar surface area (TPSA) is 76.4 Å². The number of aromatic carboxylic acids is 1. The molecule has 2 aromatic rings. The van der Waals surface area contributed by atoms with Crippen LogP contribution in [0.3, 0.4) is 0 Å². The number of benzene rings is 1. The second-order valence-electron chi connectivity index (χ2n) is 4.94. The molecule has 0 fully saturated rings. The molecule has 114 valence electrons. The van der Waals surface area contributed by atoms with Crippen molar-refractivity contribution in [2.75, 3.05) is 0 Å². The fourth-order valence-corrected chi connectivity index (χ4v) is 2.60. The number of aromatic nitrogens is 1. The number of halogens is 1. The zero-order valence-corrected chi connectivity index (χ0v) is 12.3. The Bertz CT molecular complexity index is 835. The normalized spacial score (nSPS) is 10.5. The number of hydrogen-bond acceptors (Lipinski definition) is 3. The van der Waals surface area contributed by atoms with E-state index in [1.54, 1.807) is 6.92 Å². The van der Waals surface area contributed by atoms with Crippen LogP contribution in [0.1, 0.15) is 38.9 Å². The van der Waals surface area contributed by atoms with Crippen molar-refractivity contribution in [2.24, 2.45) is 0 Å². The molecule has 0 spiro atoms. The van der Waals surface area contributed by atoms with Crippen LogP contribution < -0.4 is 5.56 Å². The number of hydrogen-bond donors (Lipinski definition) is 1. The van der Waals surface area contributed by atoms with E-state index in [0.29, 0.717) is 11.4 Å². The van der Waals surface area contributed by atoms with Crippen LogP contribution in [-0.2, 0) is 0 Å². The monoisotopic (exact) mass is 303 g/mol. The molecule has 0 atom stereocenters. The van der Waals surface area contributed by atoms with E-state index in [-0.39, 0.29) is 16.9 Å². The van der Waals surface area contributed by atoms with E-state index in [1.807, 2.05) is 0 Å². The lowest BCUT2D eigenvalue weighted by Gasteiger charge is -2.17. The van der Waals surface area contributed by atoms with Crippen molar-refractivity contribution in [2.45, 2.75) is 20.8 Å². The molecule has 0 unspecified atom stereocenters. The summed E-state index contributed by atoms with van der Waals surface area (Å²) in [4.78, 5) is 35.7. The number of pyridine rings is 1. The molecule has 0 aliphatic rings. The average molecular weight is 303 g/mol. The van der Waals surface area contributed by atoms with E-state index in [9.17, 15) is 23.9 Å². The second kappa shape index (κ2) is 5.55. The molecule has 0 aliphatic carbocycles. The number of carboxylic acids is 1. The molecule has 0 saturated carbocycles. The molecule has 1 aromatic carbocycles. The lowest BCUT2D eigenvalue weighted by molar-refractivity contribution is 0.0693. The Kier molecular flexibility index (Phi) is 3.95. The highest BCUT2D eigenvalue weighted by Crippen LogP contribution is 2.19. The first-order valence-electron chi connectivity index (χ1n) is 6.52. The maximum Gasteiger partial charge on any atom is 0.341 e. The summed E-state index contributed by atoms with van der Waals surface area (Å²) in [5, 5.41) is 9.27. The van der Waals surface area contributed by atoms with Gasteiger partial charge in [-0.25, -0.2) is 9.18 Å². The predicted molar refractivity (Wildman–Crippen MR) is 78.4 cm³/mol. The van der Waals surface area contributed by atoms with Crippen LogP contribution in [0, 0.1) is 19.7 Å². The number of ketones is 1. The number of nitrogens with zero attached hydrogens (tertiary/aromatic N) is 1. The van der Waals surface area contributed by atoms with Crippen molar-refractivity contribution in [1.82, 2.24) is 4.57 Å². The molecule has 2 rings (SSSR count). The van der Waals surface area contributed by atoms with Crippen molar-refractivity contribution >= 4 is 11.8 Å². The Morgan fingerprint density at radius 3 is 2.09 bits per heavy atom. The van der Waals surface area contributed by atoms with Gasteiger partial charge < -0.3 is 5.11 Å². The average Bonchev–Trinajstić information content (AvgIpc) is 2.39. The van der Waals surface area contributed by atoms with Crippen molar-refractivity contribution in [3.8, 4) is 5.69 Å². The molecule has 1 aromatic heterocycles. The lowest BCUT2D eigenvalue weighted by atomic mass is 9.99. The summed E-state index contributed by atoms with van der Waals surface area (Å²) >= 11 is 0. The third kappa shape index (κ3) is 2.43. The molecule has 0 radical (unpaired) electrons. The molecule has 0 amide bonds. The minimum atomic E-state index is -1.40. The highest BCUT2D eigenvalue weighted by molar-refractivity contribution is 6.00. The summed E-state index contributed by atoms with van der Waals surface area (Å²) in [6, 6.07) is 5.03. The fourth-order valence-electron chi connectivity index (χ4n) is 2.60. The van der Waals surface area contributed by atoms with E-state index >= 15 is 0 Å². The number of carbonyl (C=O) groups excluding carboxylic acids is 1. The van der Waals surface area contributed by atoms with Crippen molar-refractivity contribution < 1.29 is 19.1 Å². The van der Waals surface area contributed by atoms with Gasteiger partial charge in [0.15, 0.2) is 5.78 Å². The molecular formula is C16H14FNO4. The Morgan fingerprint density at radius 2 is 1.64 bits per heavy atom. The van der Waals surface area contributed by atoms with Gasteiger partial charge in [-0.2, -0.15) is 0 Å².